The van der Waals surface area contributed by atoms with Crippen LogP contribution in [0.15, 0.2) is 0 Å². The molecule has 0 N–H and O–H groups in total. The molecule has 13 heavy (non-hydrogen) atoms. The van der Waals surface area contributed by atoms with Crippen LogP contribution in [0.5, 0.6) is 0 Å². The van der Waals surface area contributed by atoms with E-state index in [-0.39, 0.29) is 0 Å². The quantitative estimate of drug-likeness (QED) is 0.642. The van der Waals surface area contributed by atoms with Gasteiger partial charge in [-0.05, 0) is 31.8 Å². The normalized spacial score (nSPS) is 26.1. The van der Waals surface area contributed by atoms with Crippen LogP contribution < -0.4 is 0 Å². The van der Waals surface area contributed by atoms with E-state index in [1.165, 1.54) is 37.4 Å². The van der Waals surface area contributed by atoms with E-state index in [0.717, 1.165) is 12.0 Å². The molecule has 0 unspecified atom stereocenters. The van der Waals surface area contributed by atoms with Crippen molar-refractivity contribution in [2.75, 3.05) is 24.6 Å². The van der Waals surface area contributed by atoms with Gasteiger partial charge in [0.25, 0.3) is 0 Å². The molecule has 2 aliphatic rings. The number of piperidine rings is 1. The van der Waals surface area contributed by atoms with Gasteiger partial charge in [0.15, 0.2) is 0 Å². The molecule has 2 heterocycles. The van der Waals surface area contributed by atoms with Crippen molar-refractivity contribution >= 4 is 11.8 Å². The van der Waals surface area contributed by atoms with Crippen LogP contribution in [0.4, 0.5) is 0 Å². The minimum Gasteiger partial charge on any atom is -0.299 e. The van der Waals surface area contributed by atoms with Crippen LogP contribution >= 0.6 is 11.8 Å². The number of likely N-dealkylation sites (tertiary alicyclic amines) is 1. The maximum Gasteiger partial charge on any atom is 0.0276 e. The third-order valence-electron chi connectivity index (χ3n) is 2.96. The van der Waals surface area contributed by atoms with Crippen molar-refractivity contribution in [3.63, 3.8) is 0 Å². The van der Waals surface area contributed by atoms with Gasteiger partial charge in [-0.2, -0.15) is 11.8 Å². The molecule has 0 amide bonds. The highest BCUT2D eigenvalue weighted by Gasteiger charge is 2.27. The molecule has 2 saturated heterocycles. The number of nitrogens with zero attached hydrogens (tertiary/aromatic N) is 1. The molecule has 0 aromatic rings. The van der Waals surface area contributed by atoms with Gasteiger partial charge < -0.3 is 0 Å². The molecule has 0 saturated carbocycles. The van der Waals surface area contributed by atoms with E-state index >= 15 is 0 Å². The Kier molecular flexibility index (Phi) is 5.18. The van der Waals surface area contributed by atoms with Crippen LogP contribution in [0.25, 0.3) is 0 Å². The van der Waals surface area contributed by atoms with E-state index in [2.05, 4.69) is 23.6 Å². The summed E-state index contributed by atoms with van der Waals surface area (Å²) in [4.78, 5) is 2.69. The number of rotatable bonds is 1. The molecule has 0 aromatic heterocycles. The lowest BCUT2D eigenvalue weighted by atomic mass is 9.98. The predicted octanol–water partition coefficient (Wildman–Crippen LogP) is 2.86. The van der Waals surface area contributed by atoms with Crippen molar-refractivity contribution in [2.24, 2.45) is 5.92 Å². The standard InChI is InChI=1S/C9H17NS.C2H6/c1-8-2-4-10(5-3-8)9-6-11-7-9;1-2/h8-9H,2-7H2,1H3;1-2H3. The molecule has 0 aliphatic carbocycles. The zero-order chi connectivity index (χ0) is 9.68. The first-order chi connectivity index (χ1) is 6.36. The van der Waals surface area contributed by atoms with Gasteiger partial charge in [-0.1, -0.05) is 20.8 Å². The van der Waals surface area contributed by atoms with Gasteiger partial charge >= 0.3 is 0 Å². The molecule has 1 nitrogen and oxygen atoms in total. The van der Waals surface area contributed by atoms with Crippen LogP contribution in [0, 0.1) is 5.92 Å². The minimum atomic E-state index is 0.951. The molecule has 2 rings (SSSR count). The summed E-state index contributed by atoms with van der Waals surface area (Å²) in [7, 11) is 0. The summed E-state index contributed by atoms with van der Waals surface area (Å²) in [5.41, 5.74) is 0. The SMILES string of the molecule is CC.CC1CCN(C2CSC2)CC1. The second kappa shape index (κ2) is 5.92. The van der Waals surface area contributed by atoms with Gasteiger partial charge in [-0.25, -0.2) is 0 Å². The van der Waals surface area contributed by atoms with Gasteiger partial charge in [0.2, 0.25) is 0 Å². The van der Waals surface area contributed by atoms with Gasteiger partial charge in [0.1, 0.15) is 0 Å². The lowest BCUT2D eigenvalue weighted by Crippen LogP contribution is -2.47. The van der Waals surface area contributed by atoms with E-state index in [1.54, 1.807) is 0 Å². The smallest absolute Gasteiger partial charge is 0.0276 e. The molecular formula is C11H23NS. The number of thioether (sulfide) groups is 1. The Balaban J connectivity index is 0.000000396. The summed E-state index contributed by atoms with van der Waals surface area (Å²) in [5, 5.41) is 0. The fourth-order valence-corrected chi connectivity index (χ4v) is 2.70. The first kappa shape index (κ1) is 11.4. The lowest BCUT2D eigenvalue weighted by molar-refractivity contribution is 0.155. The fraction of sp³-hybridized carbons (Fsp3) is 1.00. The second-order valence-corrected chi connectivity index (χ2v) is 4.98. The highest BCUT2D eigenvalue weighted by molar-refractivity contribution is 8.00. The van der Waals surface area contributed by atoms with Crippen LogP contribution in [-0.4, -0.2) is 35.5 Å². The van der Waals surface area contributed by atoms with Gasteiger partial charge in [-0.15, -0.1) is 0 Å². The van der Waals surface area contributed by atoms with Crippen LogP contribution in [0.3, 0.4) is 0 Å². The first-order valence-electron chi connectivity index (χ1n) is 5.68. The highest BCUT2D eigenvalue weighted by Crippen LogP contribution is 2.27. The Morgan fingerprint density at radius 2 is 1.62 bits per heavy atom. The molecule has 2 aliphatic heterocycles. The Morgan fingerprint density at radius 3 is 2.00 bits per heavy atom. The summed E-state index contributed by atoms with van der Waals surface area (Å²) in [5.74, 6) is 3.78. The third-order valence-corrected chi connectivity index (χ3v) is 4.20. The Morgan fingerprint density at radius 1 is 1.08 bits per heavy atom. The molecule has 0 radical (unpaired) electrons. The van der Waals surface area contributed by atoms with Crippen molar-refractivity contribution < 1.29 is 0 Å². The first-order valence-corrected chi connectivity index (χ1v) is 6.83. The van der Waals surface area contributed by atoms with Crippen LogP contribution in [0.2, 0.25) is 0 Å². The van der Waals surface area contributed by atoms with E-state index < -0.39 is 0 Å². The van der Waals surface area contributed by atoms with Crippen LogP contribution in [0.1, 0.15) is 33.6 Å². The average molecular weight is 201 g/mol. The van der Waals surface area contributed by atoms with Gasteiger partial charge in [-0.3, -0.25) is 4.90 Å². The molecule has 0 spiro atoms. The minimum absolute atomic E-state index is 0.951. The van der Waals surface area contributed by atoms with Crippen molar-refractivity contribution in [3.05, 3.63) is 0 Å². The maximum absolute atomic E-state index is 2.69. The zero-order valence-electron chi connectivity index (χ0n) is 9.25. The van der Waals surface area contributed by atoms with E-state index in [0.29, 0.717) is 0 Å². The summed E-state index contributed by atoms with van der Waals surface area (Å²) < 4.78 is 0. The molecule has 78 valence electrons. The lowest BCUT2D eigenvalue weighted by Gasteiger charge is -2.40. The molecule has 2 heteroatoms. The molecule has 0 atom stereocenters. The summed E-state index contributed by atoms with van der Waals surface area (Å²) >= 11 is 2.10. The monoisotopic (exact) mass is 201 g/mol. The van der Waals surface area contributed by atoms with Gasteiger partial charge in [0.05, 0.1) is 0 Å². The number of hydrogen-bond donors (Lipinski definition) is 0. The van der Waals surface area contributed by atoms with E-state index in [4.69, 9.17) is 0 Å². The third kappa shape index (κ3) is 3.17. The van der Waals surface area contributed by atoms with E-state index in [9.17, 15) is 0 Å². The molecular weight excluding hydrogens is 178 g/mol. The molecule has 0 aromatic carbocycles. The predicted molar refractivity (Wildman–Crippen MR) is 62.4 cm³/mol. The Labute approximate surface area is 87.3 Å². The maximum atomic E-state index is 2.69. The Hall–Kier alpha value is 0.310. The summed E-state index contributed by atoms with van der Waals surface area (Å²) in [6.07, 6.45) is 2.86. The zero-order valence-corrected chi connectivity index (χ0v) is 10.1. The molecule has 2 fully saturated rings. The summed E-state index contributed by atoms with van der Waals surface area (Å²) in [6.45, 7) is 9.12. The fourth-order valence-electron chi connectivity index (χ4n) is 1.83. The van der Waals surface area contributed by atoms with Crippen molar-refractivity contribution in [1.29, 1.82) is 0 Å². The van der Waals surface area contributed by atoms with Crippen molar-refractivity contribution in [2.45, 2.75) is 39.7 Å². The van der Waals surface area contributed by atoms with Crippen molar-refractivity contribution in [3.8, 4) is 0 Å². The van der Waals surface area contributed by atoms with E-state index in [1.807, 2.05) is 13.8 Å². The average Bonchev–Trinajstić information content (AvgIpc) is 2.09. The highest BCUT2D eigenvalue weighted by atomic mass is 32.2. The molecule has 0 bridgehead atoms. The Bertz CT molecular complexity index is 126. The summed E-state index contributed by atoms with van der Waals surface area (Å²) in [6, 6.07) is 0.951. The van der Waals surface area contributed by atoms with Crippen molar-refractivity contribution in [1.82, 2.24) is 4.90 Å². The largest absolute Gasteiger partial charge is 0.299 e. The second-order valence-electron chi connectivity index (χ2n) is 3.91. The topological polar surface area (TPSA) is 3.24 Å². The van der Waals surface area contributed by atoms with Crippen LogP contribution in [-0.2, 0) is 0 Å². The number of hydrogen-bond acceptors (Lipinski definition) is 2. The van der Waals surface area contributed by atoms with Gasteiger partial charge in [0, 0.05) is 17.5 Å².